The first-order chi connectivity index (χ1) is 12.3. The van der Waals surface area contributed by atoms with E-state index >= 15 is 0 Å². The van der Waals surface area contributed by atoms with E-state index in [0.29, 0.717) is 5.69 Å². The van der Waals surface area contributed by atoms with Gasteiger partial charge in [-0.15, -0.1) is 0 Å². The third-order valence-corrected chi connectivity index (χ3v) is 4.43. The molecule has 25 heavy (non-hydrogen) atoms. The number of rotatable bonds is 3. The lowest BCUT2D eigenvalue weighted by Gasteiger charge is -2.31. The fourth-order valence-corrected chi connectivity index (χ4v) is 3.23. The van der Waals surface area contributed by atoms with Gasteiger partial charge < -0.3 is 10.2 Å². The summed E-state index contributed by atoms with van der Waals surface area (Å²) < 4.78 is 0. The Bertz CT molecular complexity index is 892. The number of pyridine rings is 1. The summed E-state index contributed by atoms with van der Waals surface area (Å²) in [5.41, 5.74) is 4.75. The largest absolute Gasteiger partial charge is 0.341 e. The standard InChI is InChI=1S/C21H19N3O/c25-21(23-17-9-2-1-3-10-17)19-15-18(12-13-22-19)24-14-6-8-16-7-4-5-11-20(16)24/h1-5,7,9-13,15H,6,8,14H2,(H,23,25). The second kappa shape index (κ2) is 6.77. The van der Waals surface area contributed by atoms with E-state index in [2.05, 4.69) is 39.5 Å². The minimum atomic E-state index is -0.196. The van der Waals surface area contributed by atoms with Crippen LogP contribution in [-0.2, 0) is 6.42 Å². The van der Waals surface area contributed by atoms with Gasteiger partial charge in [0.05, 0.1) is 0 Å². The third-order valence-electron chi connectivity index (χ3n) is 4.43. The van der Waals surface area contributed by atoms with Crippen LogP contribution in [0, 0.1) is 0 Å². The van der Waals surface area contributed by atoms with E-state index in [-0.39, 0.29) is 5.91 Å². The van der Waals surface area contributed by atoms with Gasteiger partial charge >= 0.3 is 0 Å². The molecule has 2 aromatic carbocycles. The van der Waals surface area contributed by atoms with Crippen LogP contribution >= 0.6 is 0 Å². The highest BCUT2D eigenvalue weighted by molar-refractivity contribution is 6.03. The van der Waals surface area contributed by atoms with Crippen LogP contribution in [0.1, 0.15) is 22.5 Å². The van der Waals surface area contributed by atoms with E-state index in [4.69, 9.17) is 0 Å². The lowest BCUT2D eigenvalue weighted by molar-refractivity contribution is 0.102. The normalized spacial score (nSPS) is 13.2. The number of hydrogen-bond acceptors (Lipinski definition) is 3. The van der Waals surface area contributed by atoms with Crippen LogP contribution in [0.3, 0.4) is 0 Å². The van der Waals surface area contributed by atoms with Crippen molar-refractivity contribution >= 4 is 23.0 Å². The number of carbonyl (C=O) groups is 1. The van der Waals surface area contributed by atoms with Crippen molar-refractivity contribution in [2.45, 2.75) is 12.8 Å². The number of hydrogen-bond donors (Lipinski definition) is 1. The molecular formula is C21H19N3O. The van der Waals surface area contributed by atoms with Gasteiger partial charge in [-0.25, -0.2) is 0 Å². The third kappa shape index (κ3) is 3.24. The molecule has 4 nitrogen and oxygen atoms in total. The zero-order valence-corrected chi connectivity index (χ0v) is 13.9. The van der Waals surface area contributed by atoms with E-state index in [1.807, 2.05) is 42.5 Å². The van der Waals surface area contributed by atoms with Crippen molar-refractivity contribution in [1.29, 1.82) is 0 Å². The van der Waals surface area contributed by atoms with Crippen LogP contribution in [0.4, 0.5) is 17.1 Å². The van der Waals surface area contributed by atoms with Gasteiger partial charge in [0.15, 0.2) is 0 Å². The summed E-state index contributed by atoms with van der Waals surface area (Å²) in [6.07, 6.45) is 3.90. The first-order valence-corrected chi connectivity index (χ1v) is 8.49. The van der Waals surface area contributed by atoms with Crippen LogP contribution in [-0.4, -0.2) is 17.4 Å². The van der Waals surface area contributed by atoms with Crippen molar-refractivity contribution < 1.29 is 4.79 Å². The molecule has 0 fully saturated rings. The summed E-state index contributed by atoms with van der Waals surface area (Å²) in [4.78, 5) is 19.0. The fraction of sp³-hybridized carbons (Fsp3) is 0.143. The number of carbonyl (C=O) groups excluding carboxylic acids is 1. The minimum Gasteiger partial charge on any atom is -0.341 e. The van der Waals surface area contributed by atoms with Crippen molar-refractivity contribution in [2.75, 3.05) is 16.8 Å². The molecule has 0 bridgehead atoms. The number of nitrogens with zero attached hydrogens (tertiary/aromatic N) is 2. The topological polar surface area (TPSA) is 45.2 Å². The summed E-state index contributed by atoms with van der Waals surface area (Å²) in [5, 5.41) is 2.89. The summed E-state index contributed by atoms with van der Waals surface area (Å²) in [6, 6.07) is 21.7. The Morgan fingerprint density at radius 2 is 1.80 bits per heavy atom. The number of aryl methyl sites for hydroxylation is 1. The number of fused-ring (bicyclic) bond motifs is 1. The van der Waals surface area contributed by atoms with Gasteiger partial charge in [-0.2, -0.15) is 0 Å². The van der Waals surface area contributed by atoms with Crippen molar-refractivity contribution in [1.82, 2.24) is 4.98 Å². The molecule has 0 radical (unpaired) electrons. The molecule has 0 atom stereocenters. The molecule has 1 aliphatic rings. The Morgan fingerprint density at radius 3 is 2.68 bits per heavy atom. The van der Waals surface area contributed by atoms with Gasteiger partial charge in [-0.3, -0.25) is 9.78 Å². The van der Waals surface area contributed by atoms with Crippen LogP contribution in [0.15, 0.2) is 72.9 Å². The smallest absolute Gasteiger partial charge is 0.274 e. The fourth-order valence-electron chi connectivity index (χ4n) is 3.23. The highest BCUT2D eigenvalue weighted by Crippen LogP contribution is 2.33. The molecule has 3 aromatic rings. The van der Waals surface area contributed by atoms with Crippen LogP contribution < -0.4 is 10.2 Å². The highest BCUT2D eigenvalue weighted by Gasteiger charge is 2.19. The lowest BCUT2D eigenvalue weighted by Crippen LogP contribution is -2.25. The van der Waals surface area contributed by atoms with Gasteiger partial charge in [0, 0.05) is 29.8 Å². The molecule has 4 heteroatoms. The van der Waals surface area contributed by atoms with Crippen LogP contribution in [0.25, 0.3) is 0 Å². The first kappa shape index (κ1) is 15.4. The number of nitrogens with one attached hydrogen (secondary N) is 1. The Hall–Kier alpha value is -3.14. The van der Waals surface area contributed by atoms with E-state index < -0.39 is 0 Å². The summed E-state index contributed by atoms with van der Waals surface area (Å²) >= 11 is 0. The second-order valence-corrected chi connectivity index (χ2v) is 6.10. The number of benzene rings is 2. The molecule has 0 spiro atoms. The maximum atomic E-state index is 12.5. The van der Waals surface area contributed by atoms with Crippen molar-refractivity contribution in [3.8, 4) is 0 Å². The predicted molar refractivity (Wildman–Crippen MR) is 100 cm³/mol. The lowest BCUT2D eigenvalue weighted by atomic mass is 10.0. The van der Waals surface area contributed by atoms with E-state index in [1.165, 1.54) is 11.3 Å². The molecule has 1 amide bonds. The predicted octanol–water partition coefficient (Wildman–Crippen LogP) is 4.42. The minimum absolute atomic E-state index is 0.196. The SMILES string of the molecule is O=C(Nc1ccccc1)c1cc(N2CCCc3ccccc32)ccn1. The molecule has 2 heterocycles. The van der Waals surface area contributed by atoms with E-state index in [9.17, 15) is 4.79 Å². The average molecular weight is 329 g/mol. The average Bonchev–Trinajstić information content (AvgIpc) is 2.68. The maximum absolute atomic E-state index is 12.5. The highest BCUT2D eigenvalue weighted by atomic mass is 16.1. The Kier molecular flexibility index (Phi) is 4.17. The molecule has 0 saturated heterocycles. The van der Waals surface area contributed by atoms with E-state index in [1.54, 1.807) is 6.20 Å². The quantitative estimate of drug-likeness (QED) is 0.774. The van der Waals surface area contributed by atoms with Crippen molar-refractivity contribution in [2.24, 2.45) is 0 Å². The van der Waals surface area contributed by atoms with Crippen molar-refractivity contribution in [3.05, 3.63) is 84.2 Å². The maximum Gasteiger partial charge on any atom is 0.274 e. The van der Waals surface area contributed by atoms with Crippen LogP contribution in [0.2, 0.25) is 0 Å². The number of anilines is 3. The van der Waals surface area contributed by atoms with Gasteiger partial charge in [-0.1, -0.05) is 36.4 Å². The van der Waals surface area contributed by atoms with Gasteiger partial charge in [0.1, 0.15) is 5.69 Å². The molecule has 1 aromatic heterocycles. The molecule has 1 aliphatic heterocycles. The Labute approximate surface area is 147 Å². The second-order valence-electron chi connectivity index (χ2n) is 6.10. The molecule has 0 saturated carbocycles. The summed E-state index contributed by atoms with van der Waals surface area (Å²) in [6.45, 7) is 0.945. The summed E-state index contributed by atoms with van der Waals surface area (Å²) in [7, 11) is 0. The summed E-state index contributed by atoms with van der Waals surface area (Å²) in [5.74, 6) is -0.196. The van der Waals surface area contributed by atoms with Gasteiger partial charge in [0.25, 0.3) is 5.91 Å². The zero-order chi connectivity index (χ0) is 17.1. The number of aromatic nitrogens is 1. The number of amides is 1. The van der Waals surface area contributed by atoms with Crippen LogP contribution in [0.5, 0.6) is 0 Å². The zero-order valence-electron chi connectivity index (χ0n) is 13.9. The first-order valence-electron chi connectivity index (χ1n) is 8.49. The molecule has 4 rings (SSSR count). The van der Waals surface area contributed by atoms with Gasteiger partial charge in [-0.05, 0) is 48.7 Å². The molecular weight excluding hydrogens is 310 g/mol. The molecule has 0 aliphatic carbocycles. The van der Waals surface area contributed by atoms with Crippen molar-refractivity contribution in [3.63, 3.8) is 0 Å². The molecule has 0 unspecified atom stereocenters. The Morgan fingerprint density at radius 1 is 1.00 bits per heavy atom. The molecule has 1 N–H and O–H groups in total. The Balaban J connectivity index is 1.61. The molecule has 124 valence electrons. The monoisotopic (exact) mass is 329 g/mol. The van der Waals surface area contributed by atoms with E-state index in [0.717, 1.165) is 30.8 Å². The van der Waals surface area contributed by atoms with Gasteiger partial charge in [0.2, 0.25) is 0 Å². The number of para-hydroxylation sites is 2.